The Hall–Kier alpha value is -3.24. The van der Waals surface area contributed by atoms with Gasteiger partial charge in [-0.1, -0.05) is 11.6 Å². The third-order valence-electron chi connectivity index (χ3n) is 4.05. The van der Waals surface area contributed by atoms with Crippen molar-refractivity contribution in [1.29, 1.82) is 0 Å². The first kappa shape index (κ1) is 21.5. The van der Waals surface area contributed by atoms with Gasteiger partial charge in [0.2, 0.25) is 11.8 Å². The lowest BCUT2D eigenvalue weighted by molar-refractivity contribution is -0.123. The summed E-state index contributed by atoms with van der Waals surface area (Å²) in [5.74, 6) is -1.34. The minimum absolute atomic E-state index is 0.0896. The summed E-state index contributed by atoms with van der Waals surface area (Å²) < 4.78 is 26.0. The number of amides is 2. The van der Waals surface area contributed by atoms with Gasteiger partial charge in [0.15, 0.2) is 9.84 Å². The smallest absolute Gasteiger partial charge is 0.243 e. The zero-order valence-electron chi connectivity index (χ0n) is 15.7. The van der Waals surface area contributed by atoms with Gasteiger partial charge in [-0.05, 0) is 48.5 Å². The van der Waals surface area contributed by atoms with E-state index in [4.69, 9.17) is 11.6 Å². The molecule has 0 aliphatic rings. The first-order valence-electron chi connectivity index (χ1n) is 8.83. The van der Waals surface area contributed by atoms with Crippen molar-refractivity contribution < 1.29 is 18.0 Å². The van der Waals surface area contributed by atoms with E-state index in [1.54, 1.807) is 35.3 Å². The number of sulfone groups is 1. The van der Waals surface area contributed by atoms with Crippen molar-refractivity contribution in [1.82, 2.24) is 20.1 Å². The van der Waals surface area contributed by atoms with Crippen LogP contribution in [0, 0.1) is 0 Å². The second-order valence-corrected chi connectivity index (χ2v) is 8.78. The van der Waals surface area contributed by atoms with E-state index in [2.05, 4.69) is 20.7 Å². The van der Waals surface area contributed by atoms with E-state index in [1.807, 2.05) is 0 Å². The van der Waals surface area contributed by atoms with Crippen LogP contribution in [0.3, 0.4) is 0 Å². The number of nitrogens with one attached hydrogen (secondary N) is 2. The number of carbonyl (C=O) groups is 2. The Labute approximate surface area is 178 Å². The Morgan fingerprint density at radius 3 is 2.33 bits per heavy atom. The second-order valence-electron chi connectivity index (χ2n) is 6.23. The van der Waals surface area contributed by atoms with Gasteiger partial charge < -0.3 is 10.6 Å². The molecule has 0 radical (unpaired) electrons. The van der Waals surface area contributed by atoms with Gasteiger partial charge in [0.1, 0.15) is 12.7 Å². The van der Waals surface area contributed by atoms with E-state index in [0.717, 1.165) is 5.69 Å². The molecule has 1 aromatic heterocycles. The largest absolute Gasteiger partial charge is 0.347 e. The van der Waals surface area contributed by atoms with Crippen LogP contribution in [-0.2, 0) is 19.4 Å². The molecule has 0 bridgehead atoms. The van der Waals surface area contributed by atoms with Crippen LogP contribution < -0.4 is 10.6 Å². The Balaban J connectivity index is 1.44. The second kappa shape index (κ2) is 9.51. The quantitative estimate of drug-likeness (QED) is 0.543. The fourth-order valence-electron chi connectivity index (χ4n) is 2.50. The van der Waals surface area contributed by atoms with Crippen LogP contribution in [0.2, 0.25) is 5.02 Å². The minimum atomic E-state index is -3.61. The number of benzene rings is 2. The number of rotatable bonds is 8. The monoisotopic (exact) mass is 447 g/mol. The average Bonchev–Trinajstić information content (AvgIpc) is 3.27. The predicted molar refractivity (Wildman–Crippen MR) is 111 cm³/mol. The third kappa shape index (κ3) is 5.88. The zero-order valence-corrected chi connectivity index (χ0v) is 17.2. The van der Waals surface area contributed by atoms with Gasteiger partial charge >= 0.3 is 0 Å². The molecule has 0 atom stereocenters. The van der Waals surface area contributed by atoms with E-state index >= 15 is 0 Å². The van der Waals surface area contributed by atoms with Crippen LogP contribution in [0.25, 0.3) is 5.69 Å². The van der Waals surface area contributed by atoms with Gasteiger partial charge in [-0.15, -0.1) is 0 Å². The fourth-order valence-corrected chi connectivity index (χ4v) is 3.86. The highest BCUT2D eigenvalue weighted by Gasteiger charge is 2.17. The summed E-state index contributed by atoms with van der Waals surface area (Å²) in [6.45, 7) is -0.273. The lowest BCUT2D eigenvalue weighted by Crippen LogP contribution is -2.33. The van der Waals surface area contributed by atoms with Crippen molar-refractivity contribution in [2.24, 2.45) is 0 Å². The Morgan fingerprint density at radius 1 is 1.00 bits per heavy atom. The summed E-state index contributed by atoms with van der Waals surface area (Å²) in [6, 6.07) is 12.6. The maximum Gasteiger partial charge on any atom is 0.243 e. The summed E-state index contributed by atoms with van der Waals surface area (Å²) in [4.78, 5) is 27.9. The van der Waals surface area contributed by atoms with Crippen LogP contribution in [-0.4, -0.2) is 47.3 Å². The number of nitrogens with zero attached hydrogens (tertiary/aromatic N) is 3. The molecule has 0 aliphatic carbocycles. The van der Waals surface area contributed by atoms with Gasteiger partial charge in [0, 0.05) is 17.1 Å². The topological polar surface area (TPSA) is 123 Å². The van der Waals surface area contributed by atoms with E-state index in [1.165, 1.54) is 30.6 Å². The average molecular weight is 448 g/mol. The number of aromatic nitrogens is 3. The molecule has 2 amide bonds. The van der Waals surface area contributed by atoms with Gasteiger partial charge in [0.05, 0.1) is 22.9 Å². The Morgan fingerprint density at radius 2 is 1.70 bits per heavy atom. The molecule has 2 N–H and O–H groups in total. The summed E-state index contributed by atoms with van der Waals surface area (Å²) in [5.41, 5.74) is 1.32. The third-order valence-corrected chi connectivity index (χ3v) is 6.04. The molecule has 11 heteroatoms. The van der Waals surface area contributed by atoms with Gasteiger partial charge in [-0.2, -0.15) is 5.10 Å². The number of halogens is 1. The van der Waals surface area contributed by atoms with Gasteiger partial charge in [-0.25, -0.2) is 18.1 Å². The maximum atomic E-state index is 12.2. The fraction of sp³-hybridized carbons (Fsp3) is 0.158. The summed E-state index contributed by atoms with van der Waals surface area (Å²) in [7, 11) is -3.61. The molecular formula is C19H18ClN5O4S. The predicted octanol–water partition coefficient (Wildman–Crippen LogP) is 1.84. The van der Waals surface area contributed by atoms with Crippen molar-refractivity contribution in [3.8, 4) is 5.69 Å². The molecule has 9 nitrogen and oxygen atoms in total. The lowest BCUT2D eigenvalue weighted by atomic mass is 10.3. The Bertz CT molecular complexity index is 1110. The van der Waals surface area contributed by atoms with Crippen molar-refractivity contribution in [3.05, 3.63) is 66.2 Å². The Kier molecular flexibility index (Phi) is 6.80. The standard InChI is InChI=1S/C19H18ClN5O4S/c20-14-1-7-17(8-2-14)30(28,29)10-9-18(26)22-11-19(27)24-15-3-5-16(6-4-15)25-13-21-12-23-25/h1-8,12-13H,9-11H2,(H,22,26)(H,24,27). The van der Waals surface area contributed by atoms with Crippen molar-refractivity contribution >= 4 is 38.9 Å². The number of hydrogen-bond donors (Lipinski definition) is 2. The molecule has 0 unspecified atom stereocenters. The van der Waals surface area contributed by atoms with E-state index in [-0.39, 0.29) is 23.6 Å². The molecule has 0 spiro atoms. The molecule has 2 aromatic carbocycles. The summed E-state index contributed by atoms with van der Waals surface area (Å²) >= 11 is 5.75. The first-order valence-corrected chi connectivity index (χ1v) is 10.9. The van der Waals surface area contributed by atoms with E-state index < -0.39 is 21.7 Å². The molecule has 0 fully saturated rings. The SMILES string of the molecule is O=C(CCS(=O)(=O)c1ccc(Cl)cc1)NCC(=O)Nc1ccc(-n2cncn2)cc1. The van der Waals surface area contributed by atoms with Crippen molar-refractivity contribution in [3.63, 3.8) is 0 Å². The van der Waals surface area contributed by atoms with Gasteiger partial charge in [-0.3, -0.25) is 9.59 Å². The molecular weight excluding hydrogens is 430 g/mol. The van der Waals surface area contributed by atoms with Gasteiger partial charge in [0.25, 0.3) is 0 Å². The molecule has 0 aliphatic heterocycles. The summed E-state index contributed by atoms with van der Waals surface area (Å²) in [5, 5.41) is 9.48. The molecule has 1 heterocycles. The van der Waals surface area contributed by atoms with Crippen LogP contribution in [0.15, 0.2) is 66.1 Å². The van der Waals surface area contributed by atoms with Crippen molar-refractivity contribution in [2.45, 2.75) is 11.3 Å². The molecule has 3 rings (SSSR count). The van der Waals surface area contributed by atoms with Crippen molar-refractivity contribution in [2.75, 3.05) is 17.6 Å². The maximum absolute atomic E-state index is 12.2. The molecule has 0 saturated carbocycles. The van der Waals surface area contributed by atoms with E-state index in [9.17, 15) is 18.0 Å². The molecule has 3 aromatic rings. The van der Waals surface area contributed by atoms with E-state index in [0.29, 0.717) is 10.7 Å². The highest BCUT2D eigenvalue weighted by atomic mass is 35.5. The zero-order chi connectivity index (χ0) is 21.6. The van der Waals surface area contributed by atoms with Crippen LogP contribution in [0.4, 0.5) is 5.69 Å². The molecule has 30 heavy (non-hydrogen) atoms. The normalized spacial score (nSPS) is 11.1. The highest BCUT2D eigenvalue weighted by Crippen LogP contribution is 2.16. The minimum Gasteiger partial charge on any atom is -0.347 e. The van der Waals surface area contributed by atoms with Crippen LogP contribution >= 0.6 is 11.6 Å². The lowest BCUT2D eigenvalue weighted by Gasteiger charge is -2.08. The summed E-state index contributed by atoms with van der Waals surface area (Å²) in [6.07, 6.45) is 2.71. The van der Waals surface area contributed by atoms with Crippen LogP contribution in [0.1, 0.15) is 6.42 Å². The first-order chi connectivity index (χ1) is 14.3. The molecule has 0 saturated heterocycles. The number of hydrogen-bond acceptors (Lipinski definition) is 6. The molecule has 156 valence electrons. The number of carbonyl (C=O) groups excluding carboxylic acids is 2. The highest BCUT2D eigenvalue weighted by molar-refractivity contribution is 7.91. The van der Waals surface area contributed by atoms with Crippen LogP contribution in [0.5, 0.6) is 0 Å². The number of anilines is 1.